The average molecular weight is 648 g/mol. The highest BCUT2D eigenvalue weighted by Crippen LogP contribution is 2.39. The van der Waals surface area contributed by atoms with Crippen LogP contribution in [-0.2, 0) is 25.4 Å². The van der Waals surface area contributed by atoms with Gasteiger partial charge in [-0.1, -0.05) is 17.7 Å². The van der Waals surface area contributed by atoms with E-state index in [1.807, 2.05) is 0 Å². The molecule has 12 heteroatoms. The molecule has 2 aliphatic heterocycles. The van der Waals surface area contributed by atoms with E-state index in [9.17, 15) is 36.7 Å². The molecule has 0 aliphatic carbocycles. The standard InChI is InChI=1S/C34H41F4N3O5/c1-20-15-24(18-25(16-20)34(36,37)38)22(3)39(4)33(46)28-11-14-41(19-29(28)27-6-5-26(35)17-21(27)2)32(45)23-9-12-40(13-10-23)30(42)7-8-31(43)44/h5-6,15-18,22-23,28-29H,7-14,19H2,1-4H3,(H,43,44)/t22-,28-,29+/m0/s1. The summed E-state index contributed by atoms with van der Waals surface area (Å²) in [6.45, 7) is 6.22. The average Bonchev–Trinajstić information content (AvgIpc) is 3.01. The van der Waals surface area contributed by atoms with Crippen molar-refractivity contribution in [3.8, 4) is 0 Å². The normalized spacial score (nSPS) is 19.9. The van der Waals surface area contributed by atoms with Crippen LogP contribution in [0.3, 0.4) is 0 Å². The highest BCUT2D eigenvalue weighted by molar-refractivity contribution is 5.83. The Labute approximate surface area is 266 Å². The predicted octanol–water partition coefficient (Wildman–Crippen LogP) is 5.72. The Morgan fingerprint density at radius 3 is 2.22 bits per heavy atom. The van der Waals surface area contributed by atoms with Crippen molar-refractivity contribution in [2.24, 2.45) is 11.8 Å². The molecule has 0 spiro atoms. The fraction of sp³-hybridized carbons (Fsp3) is 0.529. The quantitative estimate of drug-likeness (QED) is 0.370. The van der Waals surface area contributed by atoms with Gasteiger partial charge in [-0.15, -0.1) is 0 Å². The minimum absolute atomic E-state index is 0.0885. The van der Waals surface area contributed by atoms with Gasteiger partial charge < -0.3 is 19.8 Å². The van der Waals surface area contributed by atoms with Crippen molar-refractivity contribution in [1.82, 2.24) is 14.7 Å². The Hall–Kier alpha value is -3.96. The number of carboxylic acids is 1. The Morgan fingerprint density at radius 1 is 0.957 bits per heavy atom. The number of likely N-dealkylation sites (tertiary alicyclic amines) is 2. The van der Waals surface area contributed by atoms with Gasteiger partial charge in [0, 0.05) is 57.4 Å². The van der Waals surface area contributed by atoms with Crippen LogP contribution in [0.5, 0.6) is 0 Å². The van der Waals surface area contributed by atoms with Crippen molar-refractivity contribution in [2.45, 2.75) is 71.0 Å². The van der Waals surface area contributed by atoms with Gasteiger partial charge in [-0.25, -0.2) is 4.39 Å². The van der Waals surface area contributed by atoms with E-state index < -0.39 is 41.4 Å². The van der Waals surface area contributed by atoms with E-state index in [4.69, 9.17) is 5.11 Å². The highest BCUT2D eigenvalue weighted by atomic mass is 19.4. The van der Waals surface area contributed by atoms with Gasteiger partial charge in [0.25, 0.3) is 0 Å². The number of benzene rings is 2. The molecule has 0 radical (unpaired) electrons. The number of alkyl halides is 3. The Bertz CT molecular complexity index is 1470. The summed E-state index contributed by atoms with van der Waals surface area (Å²) >= 11 is 0. The molecule has 2 fully saturated rings. The lowest BCUT2D eigenvalue weighted by molar-refractivity contribution is -0.146. The molecule has 3 atom stereocenters. The molecule has 8 nitrogen and oxygen atoms in total. The fourth-order valence-corrected chi connectivity index (χ4v) is 6.72. The third-order valence-electron chi connectivity index (χ3n) is 9.46. The van der Waals surface area contributed by atoms with Gasteiger partial charge in [-0.3, -0.25) is 19.2 Å². The van der Waals surface area contributed by atoms with Gasteiger partial charge in [-0.05, 0) is 81.0 Å². The summed E-state index contributed by atoms with van der Waals surface area (Å²) in [5.74, 6) is -3.48. The Morgan fingerprint density at radius 2 is 1.61 bits per heavy atom. The molecule has 46 heavy (non-hydrogen) atoms. The molecule has 3 amide bonds. The Kier molecular flexibility index (Phi) is 10.8. The molecule has 4 rings (SSSR count). The van der Waals surface area contributed by atoms with Gasteiger partial charge in [-0.2, -0.15) is 13.2 Å². The highest BCUT2D eigenvalue weighted by Gasteiger charge is 2.41. The number of carbonyl (C=O) groups excluding carboxylic acids is 3. The van der Waals surface area contributed by atoms with Crippen molar-refractivity contribution in [1.29, 1.82) is 0 Å². The van der Waals surface area contributed by atoms with Gasteiger partial charge in [0.1, 0.15) is 5.82 Å². The molecule has 2 aromatic rings. The van der Waals surface area contributed by atoms with E-state index in [0.717, 1.165) is 17.7 Å². The maximum atomic E-state index is 14.1. The van der Waals surface area contributed by atoms with Crippen molar-refractivity contribution in [3.05, 3.63) is 70.0 Å². The maximum absolute atomic E-state index is 14.1. The van der Waals surface area contributed by atoms with Crippen LogP contribution >= 0.6 is 0 Å². The number of aliphatic carboxylic acids is 1. The minimum Gasteiger partial charge on any atom is -0.481 e. The van der Waals surface area contributed by atoms with Gasteiger partial charge in [0.2, 0.25) is 17.7 Å². The van der Waals surface area contributed by atoms with Gasteiger partial charge in [0.15, 0.2) is 0 Å². The number of halogens is 4. The Balaban J connectivity index is 1.52. The summed E-state index contributed by atoms with van der Waals surface area (Å²) in [5.41, 5.74) is 1.37. The smallest absolute Gasteiger partial charge is 0.416 e. The number of carbonyl (C=O) groups is 4. The summed E-state index contributed by atoms with van der Waals surface area (Å²) in [5, 5.41) is 8.86. The van der Waals surface area contributed by atoms with E-state index in [1.54, 1.807) is 49.8 Å². The molecule has 2 heterocycles. The molecular formula is C34H41F4N3O5. The first-order valence-corrected chi connectivity index (χ1v) is 15.6. The van der Waals surface area contributed by atoms with Crippen molar-refractivity contribution < 1.29 is 41.8 Å². The largest absolute Gasteiger partial charge is 0.481 e. The lowest BCUT2D eigenvalue weighted by atomic mass is 9.77. The zero-order valence-electron chi connectivity index (χ0n) is 26.6. The topological polar surface area (TPSA) is 98.2 Å². The summed E-state index contributed by atoms with van der Waals surface area (Å²) in [7, 11) is 1.57. The third kappa shape index (κ3) is 8.06. The van der Waals surface area contributed by atoms with E-state index in [-0.39, 0.29) is 43.0 Å². The van der Waals surface area contributed by atoms with E-state index >= 15 is 0 Å². The van der Waals surface area contributed by atoms with Crippen molar-refractivity contribution >= 4 is 23.7 Å². The minimum atomic E-state index is -4.53. The molecule has 1 N–H and O–H groups in total. The van der Waals surface area contributed by atoms with Crippen LogP contribution in [-0.4, -0.2) is 76.7 Å². The van der Waals surface area contributed by atoms with Crippen molar-refractivity contribution in [3.63, 3.8) is 0 Å². The zero-order valence-corrected chi connectivity index (χ0v) is 26.6. The van der Waals surface area contributed by atoms with Crippen LogP contribution in [0.4, 0.5) is 17.6 Å². The molecule has 0 saturated carbocycles. The number of piperidine rings is 2. The van der Waals surface area contributed by atoms with Crippen LogP contribution in [0, 0.1) is 31.5 Å². The number of hydrogen-bond donors (Lipinski definition) is 1. The summed E-state index contributed by atoms with van der Waals surface area (Å²) in [6, 6.07) is 7.44. The molecule has 2 saturated heterocycles. The second kappa shape index (κ2) is 14.2. The molecular weight excluding hydrogens is 606 g/mol. The van der Waals surface area contributed by atoms with Crippen LogP contribution in [0.25, 0.3) is 0 Å². The number of nitrogens with zero attached hydrogens (tertiary/aromatic N) is 3. The van der Waals surface area contributed by atoms with Crippen LogP contribution < -0.4 is 0 Å². The van der Waals surface area contributed by atoms with Crippen LogP contribution in [0.2, 0.25) is 0 Å². The van der Waals surface area contributed by atoms with Gasteiger partial charge >= 0.3 is 12.1 Å². The molecule has 0 bridgehead atoms. The number of aryl methyl sites for hydroxylation is 2. The fourth-order valence-electron chi connectivity index (χ4n) is 6.72. The second-order valence-electron chi connectivity index (χ2n) is 12.6. The SMILES string of the molecule is Cc1cc([C@H](C)N(C)C(=O)[C@H]2CCN(C(=O)C3CCN(C(=O)CCC(=O)O)CC3)C[C@@H]2c2ccc(F)cc2C)cc(C(F)(F)F)c1. The lowest BCUT2D eigenvalue weighted by Gasteiger charge is -2.42. The second-order valence-corrected chi connectivity index (χ2v) is 12.6. The first-order chi connectivity index (χ1) is 21.6. The number of carboxylic acid groups (broad SMARTS) is 1. The molecule has 0 unspecified atom stereocenters. The number of amides is 3. The molecule has 250 valence electrons. The molecule has 2 aromatic carbocycles. The third-order valence-corrected chi connectivity index (χ3v) is 9.46. The summed E-state index contributed by atoms with van der Waals surface area (Å²) < 4.78 is 54.7. The molecule has 2 aliphatic rings. The number of hydrogen-bond acceptors (Lipinski definition) is 4. The predicted molar refractivity (Wildman–Crippen MR) is 162 cm³/mol. The van der Waals surface area contributed by atoms with E-state index in [0.29, 0.717) is 55.6 Å². The molecule has 0 aromatic heterocycles. The first-order valence-electron chi connectivity index (χ1n) is 15.6. The maximum Gasteiger partial charge on any atom is 0.416 e. The zero-order chi connectivity index (χ0) is 33.9. The van der Waals surface area contributed by atoms with Crippen molar-refractivity contribution in [2.75, 3.05) is 33.2 Å². The van der Waals surface area contributed by atoms with Gasteiger partial charge in [0.05, 0.1) is 18.0 Å². The van der Waals surface area contributed by atoms with E-state index in [2.05, 4.69) is 0 Å². The summed E-state index contributed by atoms with van der Waals surface area (Å²) in [4.78, 5) is 55.7. The first kappa shape index (κ1) is 34.9. The van der Waals surface area contributed by atoms with E-state index in [1.165, 1.54) is 17.0 Å². The monoisotopic (exact) mass is 647 g/mol. The van der Waals surface area contributed by atoms with Crippen LogP contribution in [0.1, 0.15) is 78.8 Å². The summed E-state index contributed by atoms with van der Waals surface area (Å²) in [6.07, 6.45) is -3.67. The number of rotatable bonds is 8. The van der Waals surface area contributed by atoms with Crippen LogP contribution in [0.15, 0.2) is 36.4 Å². The lowest BCUT2D eigenvalue weighted by Crippen LogP contribution is -2.51.